The molecule has 0 amide bonds. The van der Waals surface area contributed by atoms with Crippen molar-refractivity contribution in [2.45, 2.75) is 20.4 Å². The van der Waals surface area contributed by atoms with E-state index in [0.29, 0.717) is 24.0 Å². The van der Waals surface area contributed by atoms with Crippen LogP contribution in [0, 0.1) is 13.8 Å². The second kappa shape index (κ2) is 8.40. The standard InChI is InChI=1S/C21H24N4O2/c1-14-5-8-17(9-6-14)24-21-23-15(2)11-20(25-21)22-13-16-7-10-18(26-3)19(12-16)27-4/h5-12H,13H2,1-4H3,(H2,22,23,24,25). The molecular weight excluding hydrogens is 340 g/mol. The van der Waals surface area contributed by atoms with Crippen LogP contribution in [-0.4, -0.2) is 24.2 Å². The number of nitrogens with zero attached hydrogens (tertiary/aromatic N) is 2. The molecule has 0 aliphatic rings. The van der Waals surface area contributed by atoms with Gasteiger partial charge in [-0.3, -0.25) is 0 Å². The number of aromatic nitrogens is 2. The maximum Gasteiger partial charge on any atom is 0.229 e. The maximum absolute atomic E-state index is 5.35. The fourth-order valence-corrected chi connectivity index (χ4v) is 2.66. The minimum Gasteiger partial charge on any atom is -0.493 e. The summed E-state index contributed by atoms with van der Waals surface area (Å²) in [5.41, 5.74) is 4.12. The van der Waals surface area contributed by atoms with Crippen molar-refractivity contribution >= 4 is 17.5 Å². The van der Waals surface area contributed by atoms with Gasteiger partial charge in [0, 0.05) is 24.0 Å². The minimum absolute atomic E-state index is 0.564. The van der Waals surface area contributed by atoms with Crippen LogP contribution in [0.1, 0.15) is 16.8 Å². The van der Waals surface area contributed by atoms with Crippen molar-refractivity contribution in [3.8, 4) is 11.5 Å². The molecule has 140 valence electrons. The summed E-state index contributed by atoms with van der Waals surface area (Å²) in [4.78, 5) is 9.01. The largest absolute Gasteiger partial charge is 0.493 e. The molecule has 27 heavy (non-hydrogen) atoms. The van der Waals surface area contributed by atoms with E-state index in [1.807, 2.05) is 55.5 Å². The third-order valence-electron chi connectivity index (χ3n) is 4.08. The van der Waals surface area contributed by atoms with Gasteiger partial charge in [-0.25, -0.2) is 4.98 Å². The number of methoxy groups -OCH3 is 2. The van der Waals surface area contributed by atoms with Crippen LogP contribution in [0.3, 0.4) is 0 Å². The van der Waals surface area contributed by atoms with Crippen molar-refractivity contribution in [3.05, 3.63) is 65.4 Å². The van der Waals surface area contributed by atoms with Crippen molar-refractivity contribution in [1.82, 2.24) is 9.97 Å². The Morgan fingerprint density at radius 1 is 0.852 bits per heavy atom. The number of nitrogens with one attached hydrogen (secondary N) is 2. The monoisotopic (exact) mass is 364 g/mol. The molecule has 6 heteroatoms. The Kier molecular flexibility index (Phi) is 5.76. The van der Waals surface area contributed by atoms with Gasteiger partial charge in [0.15, 0.2) is 11.5 Å². The van der Waals surface area contributed by atoms with Crippen molar-refractivity contribution in [2.75, 3.05) is 24.9 Å². The molecule has 3 aromatic rings. The van der Waals surface area contributed by atoms with Crippen LogP contribution in [-0.2, 0) is 6.54 Å². The van der Waals surface area contributed by atoms with Gasteiger partial charge < -0.3 is 20.1 Å². The molecular formula is C21H24N4O2. The van der Waals surface area contributed by atoms with Crippen LogP contribution >= 0.6 is 0 Å². The highest BCUT2D eigenvalue weighted by molar-refractivity contribution is 5.55. The van der Waals surface area contributed by atoms with Crippen LogP contribution in [0.2, 0.25) is 0 Å². The number of ether oxygens (including phenoxy) is 2. The van der Waals surface area contributed by atoms with Gasteiger partial charge >= 0.3 is 0 Å². The molecule has 1 heterocycles. The number of anilines is 3. The lowest BCUT2D eigenvalue weighted by atomic mass is 10.2. The van der Waals surface area contributed by atoms with Gasteiger partial charge in [0.1, 0.15) is 5.82 Å². The molecule has 0 unspecified atom stereocenters. The molecule has 3 rings (SSSR count). The van der Waals surface area contributed by atoms with E-state index >= 15 is 0 Å². The SMILES string of the molecule is COc1ccc(CNc2cc(C)nc(Nc3ccc(C)cc3)n2)cc1OC. The van der Waals surface area contributed by atoms with Gasteiger partial charge in [-0.05, 0) is 43.7 Å². The van der Waals surface area contributed by atoms with Crippen molar-refractivity contribution in [1.29, 1.82) is 0 Å². The van der Waals surface area contributed by atoms with Gasteiger partial charge in [-0.1, -0.05) is 23.8 Å². The number of benzene rings is 2. The van der Waals surface area contributed by atoms with Gasteiger partial charge in [0.05, 0.1) is 14.2 Å². The second-order valence-corrected chi connectivity index (χ2v) is 6.25. The van der Waals surface area contributed by atoms with Crippen LogP contribution in [0.5, 0.6) is 11.5 Å². The minimum atomic E-state index is 0.564. The molecule has 0 saturated carbocycles. The average molecular weight is 364 g/mol. The first-order chi connectivity index (χ1) is 13.1. The third kappa shape index (κ3) is 4.88. The fraction of sp³-hybridized carbons (Fsp3) is 0.238. The van der Waals surface area contributed by atoms with E-state index in [2.05, 4.69) is 27.5 Å². The highest BCUT2D eigenvalue weighted by atomic mass is 16.5. The predicted octanol–water partition coefficient (Wildman–Crippen LogP) is 4.47. The van der Waals surface area contributed by atoms with Gasteiger partial charge in [0.2, 0.25) is 5.95 Å². The number of hydrogen-bond donors (Lipinski definition) is 2. The van der Waals surface area contributed by atoms with E-state index in [1.165, 1.54) is 5.56 Å². The molecule has 0 aliphatic heterocycles. The summed E-state index contributed by atoms with van der Waals surface area (Å²) in [7, 11) is 3.26. The highest BCUT2D eigenvalue weighted by Crippen LogP contribution is 2.27. The summed E-state index contributed by atoms with van der Waals surface area (Å²) < 4.78 is 10.6. The number of aryl methyl sites for hydroxylation is 2. The van der Waals surface area contributed by atoms with Crippen molar-refractivity contribution in [2.24, 2.45) is 0 Å². The Morgan fingerprint density at radius 2 is 1.59 bits per heavy atom. The molecule has 2 N–H and O–H groups in total. The zero-order valence-corrected chi connectivity index (χ0v) is 16.0. The zero-order valence-electron chi connectivity index (χ0n) is 16.0. The van der Waals surface area contributed by atoms with Crippen LogP contribution in [0.15, 0.2) is 48.5 Å². The normalized spacial score (nSPS) is 10.4. The Balaban J connectivity index is 1.72. The van der Waals surface area contributed by atoms with Gasteiger partial charge in [-0.15, -0.1) is 0 Å². The predicted molar refractivity (Wildman–Crippen MR) is 108 cm³/mol. The van der Waals surface area contributed by atoms with Crippen molar-refractivity contribution < 1.29 is 9.47 Å². The molecule has 0 spiro atoms. The molecule has 0 bridgehead atoms. The Labute approximate surface area is 159 Å². The summed E-state index contributed by atoms with van der Waals surface area (Å²) in [5.74, 6) is 2.74. The molecule has 0 atom stereocenters. The van der Waals surface area contributed by atoms with E-state index in [-0.39, 0.29) is 0 Å². The van der Waals surface area contributed by atoms with Gasteiger partial charge in [0.25, 0.3) is 0 Å². The zero-order chi connectivity index (χ0) is 19.2. The Bertz CT molecular complexity index is 911. The summed E-state index contributed by atoms with van der Waals surface area (Å²) in [6.45, 7) is 4.62. The maximum atomic E-state index is 5.35. The summed E-state index contributed by atoms with van der Waals surface area (Å²) in [5, 5.41) is 6.58. The topological polar surface area (TPSA) is 68.3 Å². The summed E-state index contributed by atoms with van der Waals surface area (Å²) in [6, 6.07) is 15.9. The highest BCUT2D eigenvalue weighted by Gasteiger charge is 2.06. The first-order valence-electron chi connectivity index (χ1n) is 8.71. The molecule has 0 aliphatic carbocycles. The smallest absolute Gasteiger partial charge is 0.229 e. The molecule has 0 saturated heterocycles. The van der Waals surface area contributed by atoms with E-state index in [4.69, 9.17) is 9.47 Å². The molecule has 0 radical (unpaired) electrons. The average Bonchev–Trinajstić information content (AvgIpc) is 2.67. The van der Waals surface area contributed by atoms with Gasteiger partial charge in [-0.2, -0.15) is 4.98 Å². The second-order valence-electron chi connectivity index (χ2n) is 6.25. The quantitative estimate of drug-likeness (QED) is 0.645. The molecule has 1 aromatic heterocycles. The van der Waals surface area contributed by atoms with Crippen LogP contribution in [0.25, 0.3) is 0 Å². The molecule has 6 nitrogen and oxygen atoms in total. The lowest BCUT2D eigenvalue weighted by Crippen LogP contribution is -2.06. The first-order valence-corrected chi connectivity index (χ1v) is 8.71. The van der Waals surface area contributed by atoms with E-state index in [1.54, 1.807) is 14.2 Å². The Morgan fingerprint density at radius 3 is 2.30 bits per heavy atom. The van der Waals surface area contributed by atoms with Crippen LogP contribution in [0.4, 0.5) is 17.5 Å². The van der Waals surface area contributed by atoms with E-state index in [9.17, 15) is 0 Å². The summed E-state index contributed by atoms with van der Waals surface area (Å²) in [6.07, 6.45) is 0. The lowest BCUT2D eigenvalue weighted by molar-refractivity contribution is 0.354. The Hall–Kier alpha value is -3.28. The van der Waals surface area contributed by atoms with E-state index in [0.717, 1.165) is 22.8 Å². The first kappa shape index (κ1) is 18.5. The fourth-order valence-electron chi connectivity index (χ4n) is 2.66. The van der Waals surface area contributed by atoms with Crippen LogP contribution < -0.4 is 20.1 Å². The number of rotatable bonds is 7. The summed E-state index contributed by atoms with van der Waals surface area (Å²) >= 11 is 0. The van der Waals surface area contributed by atoms with E-state index < -0.39 is 0 Å². The lowest BCUT2D eigenvalue weighted by Gasteiger charge is -2.12. The number of hydrogen-bond acceptors (Lipinski definition) is 6. The van der Waals surface area contributed by atoms with Crippen molar-refractivity contribution in [3.63, 3.8) is 0 Å². The molecule has 0 fully saturated rings. The third-order valence-corrected chi connectivity index (χ3v) is 4.08. The molecule has 2 aromatic carbocycles.